The highest BCUT2D eigenvalue weighted by Gasteiger charge is 2.25. The third-order valence-electron chi connectivity index (χ3n) is 7.22. The molecule has 1 aliphatic rings. The minimum absolute atomic E-state index is 0.0696. The lowest BCUT2D eigenvalue weighted by atomic mass is 10.1. The fraction of sp³-hybridized carbons (Fsp3) is 0.182. The van der Waals surface area contributed by atoms with Crippen molar-refractivity contribution in [2.45, 2.75) is 6.54 Å². The Bertz CT molecular complexity index is 1600. The molecule has 0 spiro atoms. The standard InChI is InChI=1S/C33H30ClFN4O4/c1-43-28-13-6-24(7-14-28)33(42)39-18-16-38(17-19-39)30-15-12-27(37-31(40)23-4-8-25(34)9-5-23)20-29(30)32(41)36-21-22-2-10-26(35)11-3-22/h2-15,20H,16-19,21H2,1H3,(H,36,41)(H,37,40). The fourth-order valence-electron chi connectivity index (χ4n) is 4.82. The molecule has 2 N–H and O–H groups in total. The molecule has 0 saturated carbocycles. The molecule has 220 valence electrons. The van der Waals surface area contributed by atoms with Crippen LogP contribution in [0, 0.1) is 5.82 Å². The van der Waals surface area contributed by atoms with Crippen LogP contribution in [0.1, 0.15) is 36.6 Å². The second kappa shape index (κ2) is 13.4. The van der Waals surface area contributed by atoms with Gasteiger partial charge in [0, 0.05) is 60.2 Å². The lowest BCUT2D eigenvalue weighted by Gasteiger charge is -2.37. The number of nitrogens with zero attached hydrogens (tertiary/aromatic N) is 2. The van der Waals surface area contributed by atoms with Crippen molar-refractivity contribution in [3.8, 4) is 5.75 Å². The van der Waals surface area contributed by atoms with Crippen molar-refractivity contribution < 1.29 is 23.5 Å². The molecule has 8 nitrogen and oxygen atoms in total. The van der Waals surface area contributed by atoms with Gasteiger partial charge in [-0.2, -0.15) is 0 Å². The molecule has 1 aliphatic heterocycles. The predicted octanol–water partition coefficient (Wildman–Crippen LogP) is 5.63. The number of methoxy groups -OCH3 is 1. The minimum atomic E-state index is -0.355. The topological polar surface area (TPSA) is 91.0 Å². The van der Waals surface area contributed by atoms with Gasteiger partial charge in [-0.25, -0.2) is 4.39 Å². The van der Waals surface area contributed by atoms with Crippen LogP contribution in [0.2, 0.25) is 5.02 Å². The highest BCUT2D eigenvalue weighted by Crippen LogP contribution is 2.27. The number of nitrogens with one attached hydrogen (secondary N) is 2. The van der Waals surface area contributed by atoms with Gasteiger partial charge in [0.25, 0.3) is 17.7 Å². The first-order valence-corrected chi connectivity index (χ1v) is 14.1. The van der Waals surface area contributed by atoms with Crippen LogP contribution in [0.5, 0.6) is 5.75 Å². The summed E-state index contributed by atoms with van der Waals surface area (Å²) < 4.78 is 18.5. The summed E-state index contributed by atoms with van der Waals surface area (Å²) in [6.45, 7) is 2.16. The van der Waals surface area contributed by atoms with Gasteiger partial charge < -0.3 is 25.2 Å². The Morgan fingerprint density at radius 2 is 1.47 bits per heavy atom. The Kier molecular flexibility index (Phi) is 9.22. The smallest absolute Gasteiger partial charge is 0.255 e. The van der Waals surface area contributed by atoms with Crippen molar-refractivity contribution in [1.82, 2.24) is 10.2 Å². The summed E-state index contributed by atoms with van der Waals surface area (Å²) in [5, 5.41) is 6.27. The van der Waals surface area contributed by atoms with E-state index in [1.807, 2.05) is 0 Å². The first kappa shape index (κ1) is 29.6. The zero-order valence-electron chi connectivity index (χ0n) is 23.5. The summed E-state index contributed by atoms with van der Waals surface area (Å²) >= 11 is 5.95. The van der Waals surface area contributed by atoms with E-state index in [0.717, 1.165) is 5.56 Å². The number of anilines is 2. The second-order valence-corrected chi connectivity index (χ2v) is 10.4. The van der Waals surface area contributed by atoms with Crippen LogP contribution in [-0.2, 0) is 6.54 Å². The van der Waals surface area contributed by atoms with E-state index in [4.69, 9.17) is 16.3 Å². The number of carbonyl (C=O) groups is 3. The van der Waals surface area contributed by atoms with E-state index in [1.165, 1.54) is 12.1 Å². The minimum Gasteiger partial charge on any atom is -0.497 e. The molecule has 5 rings (SSSR count). The zero-order valence-corrected chi connectivity index (χ0v) is 24.2. The SMILES string of the molecule is COc1ccc(C(=O)N2CCN(c3ccc(NC(=O)c4ccc(Cl)cc4)cc3C(=O)NCc3ccc(F)cc3)CC2)cc1. The van der Waals surface area contributed by atoms with Crippen LogP contribution < -0.4 is 20.3 Å². The Morgan fingerprint density at radius 3 is 2.12 bits per heavy atom. The molecule has 1 saturated heterocycles. The predicted molar refractivity (Wildman–Crippen MR) is 165 cm³/mol. The molecule has 4 aromatic carbocycles. The number of benzene rings is 4. The molecule has 3 amide bonds. The number of hydrogen-bond donors (Lipinski definition) is 2. The van der Waals surface area contributed by atoms with Gasteiger partial charge in [0.1, 0.15) is 11.6 Å². The van der Waals surface area contributed by atoms with E-state index in [0.29, 0.717) is 65.0 Å². The second-order valence-electron chi connectivity index (χ2n) is 10.0. The van der Waals surface area contributed by atoms with Crippen molar-refractivity contribution in [3.63, 3.8) is 0 Å². The van der Waals surface area contributed by atoms with Crippen LogP contribution in [0.4, 0.5) is 15.8 Å². The number of carbonyl (C=O) groups excluding carboxylic acids is 3. The van der Waals surface area contributed by atoms with Gasteiger partial charge in [-0.1, -0.05) is 23.7 Å². The monoisotopic (exact) mass is 600 g/mol. The van der Waals surface area contributed by atoms with Crippen LogP contribution >= 0.6 is 11.6 Å². The van der Waals surface area contributed by atoms with Gasteiger partial charge in [-0.05, 0) is 84.4 Å². The van der Waals surface area contributed by atoms with Gasteiger partial charge in [0.05, 0.1) is 12.7 Å². The van der Waals surface area contributed by atoms with Gasteiger partial charge in [-0.3, -0.25) is 14.4 Å². The molecule has 0 bridgehead atoms. The van der Waals surface area contributed by atoms with Gasteiger partial charge in [0.15, 0.2) is 0 Å². The van der Waals surface area contributed by atoms with Crippen LogP contribution in [0.3, 0.4) is 0 Å². The maximum atomic E-state index is 13.5. The Balaban J connectivity index is 1.33. The number of amides is 3. The van der Waals surface area contributed by atoms with E-state index in [9.17, 15) is 18.8 Å². The molecule has 4 aromatic rings. The highest BCUT2D eigenvalue weighted by molar-refractivity contribution is 6.30. The van der Waals surface area contributed by atoms with Crippen molar-refractivity contribution in [2.75, 3.05) is 43.5 Å². The molecule has 1 heterocycles. The maximum Gasteiger partial charge on any atom is 0.255 e. The summed E-state index contributed by atoms with van der Waals surface area (Å²) in [7, 11) is 1.58. The van der Waals surface area contributed by atoms with E-state index < -0.39 is 0 Å². The van der Waals surface area contributed by atoms with Crippen LogP contribution in [0.25, 0.3) is 0 Å². The fourth-order valence-corrected chi connectivity index (χ4v) is 4.95. The van der Waals surface area contributed by atoms with Crippen LogP contribution in [0.15, 0.2) is 91.0 Å². The summed E-state index contributed by atoms with van der Waals surface area (Å²) in [6.07, 6.45) is 0. The Morgan fingerprint density at radius 1 is 0.814 bits per heavy atom. The molecule has 10 heteroatoms. The van der Waals surface area contributed by atoms with Crippen molar-refractivity contribution in [2.24, 2.45) is 0 Å². The lowest BCUT2D eigenvalue weighted by Crippen LogP contribution is -2.49. The van der Waals surface area contributed by atoms with E-state index in [2.05, 4.69) is 15.5 Å². The summed E-state index contributed by atoms with van der Waals surface area (Å²) in [6, 6.07) is 24.6. The molecule has 0 atom stereocenters. The Hall–Kier alpha value is -4.89. The number of ether oxygens (including phenoxy) is 1. The molecule has 0 aromatic heterocycles. The number of piperazine rings is 1. The molecule has 0 radical (unpaired) electrons. The third kappa shape index (κ3) is 7.31. The van der Waals surface area contributed by atoms with E-state index in [-0.39, 0.29) is 30.1 Å². The molecule has 1 fully saturated rings. The van der Waals surface area contributed by atoms with Crippen molar-refractivity contribution >= 4 is 40.7 Å². The first-order valence-electron chi connectivity index (χ1n) is 13.7. The first-order chi connectivity index (χ1) is 20.8. The normalized spacial score (nSPS) is 12.9. The number of hydrogen-bond acceptors (Lipinski definition) is 5. The quantitative estimate of drug-likeness (QED) is 0.273. The third-order valence-corrected chi connectivity index (χ3v) is 7.47. The number of rotatable bonds is 8. The zero-order chi connectivity index (χ0) is 30.3. The average Bonchev–Trinajstić information content (AvgIpc) is 3.04. The summed E-state index contributed by atoms with van der Waals surface area (Å²) in [5.74, 6) is -0.434. The molecule has 43 heavy (non-hydrogen) atoms. The largest absolute Gasteiger partial charge is 0.497 e. The Labute approximate surface area is 254 Å². The highest BCUT2D eigenvalue weighted by atomic mass is 35.5. The molecular formula is C33H30ClFN4O4. The average molecular weight is 601 g/mol. The van der Waals surface area contributed by atoms with Gasteiger partial charge in [-0.15, -0.1) is 0 Å². The van der Waals surface area contributed by atoms with E-state index in [1.54, 1.807) is 90.9 Å². The van der Waals surface area contributed by atoms with E-state index >= 15 is 0 Å². The molecule has 0 unspecified atom stereocenters. The molecule has 0 aliphatic carbocycles. The maximum absolute atomic E-state index is 13.5. The van der Waals surface area contributed by atoms with Crippen molar-refractivity contribution in [3.05, 3.63) is 124 Å². The van der Waals surface area contributed by atoms with Crippen LogP contribution in [-0.4, -0.2) is 55.9 Å². The van der Waals surface area contributed by atoms with Gasteiger partial charge in [0.2, 0.25) is 0 Å². The summed E-state index contributed by atoms with van der Waals surface area (Å²) in [4.78, 5) is 43.2. The van der Waals surface area contributed by atoms with Crippen molar-refractivity contribution in [1.29, 1.82) is 0 Å². The molecular weight excluding hydrogens is 571 g/mol. The summed E-state index contributed by atoms with van der Waals surface area (Å²) in [5.41, 5.74) is 3.24. The van der Waals surface area contributed by atoms with Gasteiger partial charge >= 0.3 is 0 Å². The number of halogens is 2. The lowest BCUT2D eigenvalue weighted by molar-refractivity contribution is 0.0745.